The quantitative estimate of drug-likeness (QED) is 0.761. The van der Waals surface area contributed by atoms with Crippen molar-refractivity contribution in [1.82, 2.24) is 0 Å². The summed E-state index contributed by atoms with van der Waals surface area (Å²) in [6.45, 7) is 2.40. The van der Waals surface area contributed by atoms with Crippen LogP contribution in [0, 0.1) is 0 Å². The monoisotopic (exact) mass is 235 g/mol. The van der Waals surface area contributed by atoms with Crippen LogP contribution in [0.2, 0.25) is 0 Å². The molecule has 2 N–H and O–H groups in total. The van der Waals surface area contributed by atoms with Crippen LogP contribution in [0.4, 0.5) is 5.69 Å². The number of carboxylic acid groups (broad SMARTS) is 1. The van der Waals surface area contributed by atoms with Crippen LogP contribution in [0.15, 0.2) is 36.4 Å². The Morgan fingerprint density at radius 3 is 2.82 bits per heavy atom. The van der Waals surface area contributed by atoms with Crippen molar-refractivity contribution in [3.05, 3.63) is 36.4 Å². The van der Waals surface area contributed by atoms with Gasteiger partial charge < -0.3 is 15.2 Å². The molecule has 0 fully saturated rings. The van der Waals surface area contributed by atoms with Crippen LogP contribution in [0.1, 0.15) is 6.92 Å². The first-order chi connectivity index (χ1) is 8.11. The maximum absolute atomic E-state index is 11.3. The normalized spacial score (nSPS) is 10.2. The molecular formula is C12H13NO4. The van der Waals surface area contributed by atoms with Crippen molar-refractivity contribution < 1.29 is 19.4 Å². The molecular weight excluding hydrogens is 222 g/mol. The molecule has 0 unspecified atom stereocenters. The molecule has 5 heteroatoms. The van der Waals surface area contributed by atoms with Gasteiger partial charge in [-0.3, -0.25) is 4.79 Å². The average Bonchev–Trinajstić information content (AvgIpc) is 2.27. The third-order valence-corrected chi connectivity index (χ3v) is 1.79. The maximum atomic E-state index is 11.3. The van der Waals surface area contributed by atoms with Crippen LogP contribution in [0.5, 0.6) is 5.75 Å². The summed E-state index contributed by atoms with van der Waals surface area (Å²) < 4.78 is 5.26. The zero-order valence-corrected chi connectivity index (χ0v) is 9.34. The van der Waals surface area contributed by atoms with Gasteiger partial charge >= 0.3 is 5.97 Å². The van der Waals surface area contributed by atoms with Gasteiger partial charge in [-0.05, 0) is 19.1 Å². The van der Waals surface area contributed by atoms with Crippen molar-refractivity contribution in [1.29, 1.82) is 0 Å². The highest BCUT2D eigenvalue weighted by Crippen LogP contribution is 2.17. The Morgan fingerprint density at radius 1 is 1.41 bits per heavy atom. The van der Waals surface area contributed by atoms with Crippen molar-refractivity contribution in [2.24, 2.45) is 0 Å². The summed E-state index contributed by atoms with van der Waals surface area (Å²) in [7, 11) is 0. The summed E-state index contributed by atoms with van der Waals surface area (Å²) in [6.07, 6.45) is 1.73. The highest BCUT2D eigenvalue weighted by atomic mass is 16.5. The summed E-state index contributed by atoms with van der Waals surface area (Å²) in [5, 5.41) is 10.9. The summed E-state index contributed by atoms with van der Waals surface area (Å²) in [4.78, 5) is 21.5. The van der Waals surface area contributed by atoms with Gasteiger partial charge in [-0.2, -0.15) is 0 Å². The van der Waals surface area contributed by atoms with Gasteiger partial charge in [-0.25, -0.2) is 4.79 Å². The summed E-state index contributed by atoms with van der Waals surface area (Å²) in [5.74, 6) is -1.02. The second-order valence-corrected chi connectivity index (χ2v) is 3.12. The first-order valence-electron chi connectivity index (χ1n) is 5.06. The lowest BCUT2D eigenvalue weighted by atomic mass is 10.3. The number of rotatable bonds is 5. The van der Waals surface area contributed by atoms with E-state index in [2.05, 4.69) is 5.32 Å². The topological polar surface area (TPSA) is 75.6 Å². The second-order valence-electron chi connectivity index (χ2n) is 3.12. The molecule has 1 aromatic carbocycles. The number of amides is 1. The molecule has 17 heavy (non-hydrogen) atoms. The van der Waals surface area contributed by atoms with Crippen LogP contribution in [0.25, 0.3) is 0 Å². The molecule has 0 radical (unpaired) electrons. The molecule has 1 rings (SSSR count). The van der Waals surface area contributed by atoms with E-state index >= 15 is 0 Å². The molecule has 0 bridgehead atoms. The van der Waals surface area contributed by atoms with Crippen LogP contribution < -0.4 is 10.1 Å². The Hall–Kier alpha value is -2.30. The number of carbonyl (C=O) groups excluding carboxylic acids is 1. The predicted octanol–water partition coefficient (Wildman–Crippen LogP) is 1.66. The Balaban J connectivity index is 2.65. The fraction of sp³-hybridized carbons (Fsp3) is 0.167. The maximum Gasteiger partial charge on any atom is 0.328 e. The van der Waals surface area contributed by atoms with Gasteiger partial charge in [0, 0.05) is 23.9 Å². The lowest BCUT2D eigenvalue weighted by Gasteiger charge is -2.06. The third-order valence-electron chi connectivity index (χ3n) is 1.79. The van der Waals surface area contributed by atoms with Gasteiger partial charge in [0.25, 0.3) is 0 Å². The Bertz CT molecular complexity index is 440. The van der Waals surface area contributed by atoms with Crippen molar-refractivity contribution in [3.63, 3.8) is 0 Å². The van der Waals surface area contributed by atoms with Crippen LogP contribution >= 0.6 is 0 Å². The first-order valence-corrected chi connectivity index (χ1v) is 5.06. The van der Waals surface area contributed by atoms with Crippen molar-refractivity contribution >= 4 is 17.6 Å². The molecule has 0 spiro atoms. The highest BCUT2D eigenvalue weighted by molar-refractivity contribution is 6.02. The second kappa shape index (κ2) is 6.32. The average molecular weight is 235 g/mol. The molecule has 0 aliphatic heterocycles. The van der Waals surface area contributed by atoms with E-state index in [0.717, 1.165) is 12.2 Å². The van der Waals surface area contributed by atoms with E-state index in [1.165, 1.54) is 0 Å². The Labute approximate surface area is 98.7 Å². The molecule has 0 aliphatic rings. The van der Waals surface area contributed by atoms with E-state index in [-0.39, 0.29) is 0 Å². The summed E-state index contributed by atoms with van der Waals surface area (Å²) in [5.41, 5.74) is 0.552. The number of hydrogen-bond donors (Lipinski definition) is 2. The van der Waals surface area contributed by atoms with E-state index in [9.17, 15) is 9.59 Å². The molecule has 5 nitrogen and oxygen atoms in total. The van der Waals surface area contributed by atoms with Gasteiger partial charge in [-0.15, -0.1) is 0 Å². The minimum absolute atomic E-state index is 0.499. The van der Waals surface area contributed by atoms with Crippen molar-refractivity contribution in [3.8, 4) is 5.75 Å². The molecule has 0 atom stereocenters. The number of ether oxygens (including phenoxy) is 1. The van der Waals surface area contributed by atoms with Gasteiger partial charge in [0.15, 0.2) is 0 Å². The third kappa shape index (κ3) is 4.83. The number of nitrogens with one attached hydrogen (secondary N) is 1. The van der Waals surface area contributed by atoms with E-state index in [0.29, 0.717) is 18.0 Å². The minimum Gasteiger partial charge on any atom is -0.494 e. The molecule has 0 saturated carbocycles. The molecule has 0 aromatic heterocycles. The number of carboxylic acids is 1. The zero-order valence-electron chi connectivity index (χ0n) is 9.34. The van der Waals surface area contributed by atoms with Gasteiger partial charge in [0.05, 0.1) is 6.61 Å². The number of anilines is 1. The van der Waals surface area contributed by atoms with Gasteiger partial charge in [0.2, 0.25) is 5.91 Å². The first kappa shape index (κ1) is 12.8. The van der Waals surface area contributed by atoms with Crippen molar-refractivity contribution in [2.45, 2.75) is 6.92 Å². The Morgan fingerprint density at radius 2 is 2.18 bits per heavy atom. The van der Waals surface area contributed by atoms with Crippen LogP contribution in [-0.4, -0.2) is 23.6 Å². The molecule has 0 aliphatic carbocycles. The molecule has 1 aromatic rings. The zero-order chi connectivity index (χ0) is 12.7. The number of carbonyl (C=O) groups is 2. The largest absolute Gasteiger partial charge is 0.494 e. The molecule has 90 valence electrons. The highest BCUT2D eigenvalue weighted by Gasteiger charge is 2.00. The van der Waals surface area contributed by atoms with E-state index in [4.69, 9.17) is 9.84 Å². The molecule has 0 heterocycles. The van der Waals surface area contributed by atoms with E-state index < -0.39 is 11.9 Å². The van der Waals surface area contributed by atoms with E-state index in [1.807, 2.05) is 6.92 Å². The SMILES string of the molecule is CCOc1cccc(NC(=O)/C=C\C(=O)O)c1. The van der Waals surface area contributed by atoms with Crippen LogP contribution in [0.3, 0.4) is 0 Å². The van der Waals surface area contributed by atoms with Crippen molar-refractivity contribution in [2.75, 3.05) is 11.9 Å². The lowest BCUT2D eigenvalue weighted by Crippen LogP contribution is -2.08. The fourth-order valence-electron chi connectivity index (χ4n) is 1.16. The smallest absolute Gasteiger partial charge is 0.328 e. The minimum atomic E-state index is -1.16. The number of hydrogen-bond acceptors (Lipinski definition) is 3. The van der Waals surface area contributed by atoms with Gasteiger partial charge in [0.1, 0.15) is 5.75 Å². The van der Waals surface area contributed by atoms with E-state index in [1.54, 1.807) is 24.3 Å². The summed E-state index contributed by atoms with van der Waals surface area (Å²) >= 11 is 0. The Kier molecular flexibility index (Phi) is 4.75. The molecule has 0 saturated heterocycles. The predicted molar refractivity (Wildman–Crippen MR) is 63.0 cm³/mol. The summed E-state index contributed by atoms with van der Waals surface area (Å²) in [6, 6.07) is 6.86. The van der Waals surface area contributed by atoms with Crippen LogP contribution in [-0.2, 0) is 9.59 Å². The standard InChI is InChI=1S/C12H13NO4/c1-2-17-10-5-3-4-9(8-10)13-11(14)6-7-12(15)16/h3-8H,2H2,1H3,(H,13,14)(H,15,16)/b7-6-. The lowest BCUT2D eigenvalue weighted by molar-refractivity contribution is -0.131. The van der Waals surface area contributed by atoms with Gasteiger partial charge in [-0.1, -0.05) is 6.07 Å². The number of aliphatic carboxylic acids is 1. The molecule has 1 amide bonds. The number of benzene rings is 1. The fourth-order valence-corrected chi connectivity index (χ4v) is 1.16.